The Labute approximate surface area is 81.7 Å². The lowest BCUT2D eigenvalue weighted by molar-refractivity contribution is -0.141. The highest BCUT2D eigenvalue weighted by atomic mass is 28.3. The van der Waals surface area contributed by atoms with E-state index in [1.807, 2.05) is 19.1 Å². The SMILES string of the molecule is C/C=C/[C@H]([C@@H](C)C(=O)O)[Si](C)(C)C. The maximum atomic E-state index is 10.9. The minimum absolute atomic E-state index is 0.231. The van der Waals surface area contributed by atoms with Crippen LogP contribution in [-0.2, 0) is 4.79 Å². The van der Waals surface area contributed by atoms with Crippen LogP contribution < -0.4 is 0 Å². The van der Waals surface area contributed by atoms with E-state index in [2.05, 4.69) is 19.6 Å². The molecule has 0 radical (unpaired) electrons. The van der Waals surface area contributed by atoms with E-state index in [9.17, 15) is 4.79 Å². The van der Waals surface area contributed by atoms with Crippen LogP contribution in [0, 0.1) is 5.92 Å². The number of aliphatic carboxylic acids is 1. The van der Waals surface area contributed by atoms with E-state index in [1.165, 1.54) is 0 Å². The Balaban J connectivity index is 4.71. The largest absolute Gasteiger partial charge is 0.481 e. The molecule has 0 aliphatic rings. The number of allylic oxidation sites excluding steroid dienone is 2. The standard InChI is InChI=1S/C10H20O2Si/c1-6-7-9(13(3,4)5)8(2)10(11)12/h6-9H,1-5H3,(H,11,12)/b7-6+/t8-,9-/m1/s1. The van der Waals surface area contributed by atoms with Crippen LogP contribution in [0.4, 0.5) is 0 Å². The highest BCUT2D eigenvalue weighted by Gasteiger charge is 2.32. The zero-order chi connectivity index (χ0) is 10.6. The highest BCUT2D eigenvalue weighted by molar-refractivity contribution is 6.78. The van der Waals surface area contributed by atoms with Crippen LogP contribution in [0.1, 0.15) is 13.8 Å². The van der Waals surface area contributed by atoms with Gasteiger partial charge >= 0.3 is 5.97 Å². The third kappa shape index (κ3) is 3.76. The van der Waals surface area contributed by atoms with Gasteiger partial charge in [0, 0.05) is 0 Å². The quantitative estimate of drug-likeness (QED) is 0.559. The fourth-order valence-corrected chi connectivity index (χ4v) is 3.98. The third-order valence-electron chi connectivity index (χ3n) is 2.33. The lowest BCUT2D eigenvalue weighted by atomic mass is 10.1. The summed E-state index contributed by atoms with van der Waals surface area (Å²) >= 11 is 0. The lowest BCUT2D eigenvalue weighted by Crippen LogP contribution is -2.34. The van der Waals surface area contributed by atoms with Gasteiger partial charge in [0.1, 0.15) is 0 Å². The van der Waals surface area contributed by atoms with Crippen LogP contribution in [-0.4, -0.2) is 19.1 Å². The predicted octanol–water partition coefficient (Wildman–Crippen LogP) is 2.99. The Morgan fingerprint density at radius 1 is 1.38 bits per heavy atom. The topological polar surface area (TPSA) is 37.3 Å². The van der Waals surface area contributed by atoms with Gasteiger partial charge in [0.15, 0.2) is 0 Å². The number of rotatable bonds is 4. The van der Waals surface area contributed by atoms with E-state index in [4.69, 9.17) is 5.11 Å². The predicted molar refractivity (Wildman–Crippen MR) is 58.7 cm³/mol. The zero-order valence-electron chi connectivity index (χ0n) is 9.16. The lowest BCUT2D eigenvalue weighted by Gasteiger charge is -2.29. The number of carbonyl (C=O) groups is 1. The molecule has 0 aliphatic carbocycles. The van der Waals surface area contributed by atoms with Gasteiger partial charge in [-0.05, 0) is 12.5 Å². The van der Waals surface area contributed by atoms with E-state index < -0.39 is 14.0 Å². The Bertz CT molecular complexity index is 203. The summed E-state index contributed by atoms with van der Waals surface area (Å²) < 4.78 is 0. The van der Waals surface area contributed by atoms with Crippen molar-refractivity contribution in [1.82, 2.24) is 0 Å². The van der Waals surface area contributed by atoms with E-state index in [0.29, 0.717) is 0 Å². The summed E-state index contributed by atoms with van der Waals surface area (Å²) in [5.74, 6) is -0.951. The fourth-order valence-electron chi connectivity index (χ4n) is 1.57. The minimum Gasteiger partial charge on any atom is -0.481 e. The third-order valence-corrected chi connectivity index (χ3v) is 5.02. The maximum Gasteiger partial charge on any atom is 0.306 e. The molecule has 2 atom stereocenters. The smallest absolute Gasteiger partial charge is 0.306 e. The van der Waals surface area contributed by atoms with Crippen LogP contribution >= 0.6 is 0 Å². The molecule has 0 unspecified atom stereocenters. The Morgan fingerprint density at radius 3 is 2.08 bits per heavy atom. The first-order valence-electron chi connectivity index (χ1n) is 4.66. The molecule has 76 valence electrons. The molecule has 0 saturated heterocycles. The van der Waals surface area contributed by atoms with Crippen molar-refractivity contribution in [1.29, 1.82) is 0 Å². The molecule has 0 aromatic heterocycles. The van der Waals surface area contributed by atoms with Gasteiger partial charge in [-0.3, -0.25) is 4.79 Å². The van der Waals surface area contributed by atoms with Crippen LogP contribution in [0.25, 0.3) is 0 Å². The molecular weight excluding hydrogens is 180 g/mol. The first-order chi connectivity index (χ1) is 5.80. The summed E-state index contributed by atoms with van der Waals surface area (Å²) in [5, 5.41) is 8.93. The van der Waals surface area contributed by atoms with Crippen molar-refractivity contribution in [3.63, 3.8) is 0 Å². The summed E-state index contributed by atoms with van der Waals surface area (Å²) in [6.45, 7) is 10.4. The number of carboxylic acids is 1. The van der Waals surface area contributed by atoms with Gasteiger partial charge in [0.2, 0.25) is 0 Å². The van der Waals surface area contributed by atoms with Gasteiger partial charge in [0.05, 0.1) is 14.0 Å². The second kappa shape index (κ2) is 4.60. The molecule has 0 aromatic rings. The monoisotopic (exact) mass is 200 g/mol. The molecule has 0 heterocycles. The van der Waals surface area contributed by atoms with Gasteiger partial charge in [-0.2, -0.15) is 0 Å². The van der Waals surface area contributed by atoms with Gasteiger partial charge in [-0.15, -0.1) is 0 Å². The molecule has 3 heteroatoms. The average molecular weight is 200 g/mol. The molecule has 0 spiro atoms. The van der Waals surface area contributed by atoms with E-state index in [1.54, 1.807) is 6.92 Å². The summed E-state index contributed by atoms with van der Waals surface area (Å²) in [7, 11) is -1.40. The molecule has 0 aliphatic heterocycles. The Hall–Kier alpha value is -0.573. The normalized spacial score (nSPS) is 17.3. The summed E-state index contributed by atoms with van der Waals surface area (Å²) in [4.78, 5) is 10.9. The molecule has 2 nitrogen and oxygen atoms in total. The molecule has 1 N–H and O–H groups in total. The van der Waals surface area contributed by atoms with Crippen molar-refractivity contribution < 1.29 is 9.90 Å². The molecule has 0 amide bonds. The molecule has 13 heavy (non-hydrogen) atoms. The maximum absolute atomic E-state index is 10.9. The van der Waals surface area contributed by atoms with Crippen molar-refractivity contribution in [2.75, 3.05) is 0 Å². The second-order valence-corrected chi connectivity index (χ2v) is 9.94. The highest BCUT2D eigenvalue weighted by Crippen LogP contribution is 2.31. The molecule has 0 rings (SSSR count). The molecule has 0 saturated carbocycles. The van der Waals surface area contributed by atoms with Crippen molar-refractivity contribution in [2.24, 2.45) is 5.92 Å². The minimum atomic E-state index is -1.40. The molecular formula is C10H20O2Si. The van der Waals surface area contributed by atoms with Crippen LogP contribution in [0.3, 0.4) is 0 Å². The number of hydrogen-bond donors (Lipinski definition) is 1. The van der Waals surface area contributed by atoms with E-state index in [0.717, 1.165) is 0 Å². The Kier molecular flexibility index (Phi) is 4.40. The summed E-state index contributed by atoms with van der Waals surface area (Å²) in [6, 6.07) is 0. The van der Waals surface area contributed by atoms with Crippen molar-refractivity contribution in [3.05, 3.63) is 12.2 Å². The molecule has 0 aromatic carbocycles. The van der Waals surface area contributed by atoms with Gasteiger partial charge in [-0.25, -0.2) is 0 Å². The van der Waals surface area contributed by atoms with Crippen molar-refractivity contribution >= 4 is 14.0 Å². The summed E-state index contributed by atoms with van der Waals surface area (Å²) in [5.41, 5.74) is 0.231. The van der Waals surface area contributed by atoms with Crippen LogP contribution in [0.5, 0.6) is 0 Å². The first-order valence-corrected chi connectivity index (χ1v) is 8.24. The zero-order valence-corrected chi connectivity index (χ0v) is 10.2. The number of hydrogen-bond acceptors (Lipinski definition) is 1. The van der Waals surface area contributed by atoms with Gasteiger partial charge in [0.25, 0.3) is 0 Å². The summed E-state index contributed by atoms with van der Waals surface area (Å²) in [6.07, 6.45) is 4.01. The van der Waals surface area contributed by atoms with Crippen LogP contribution in [0.2, 0.25) is 25.2 Å². The van der Waals surface area contributed by atoms with E-state index >= 15 is 0 Å². The van der Waals surface area contributed by atoms with Gasteiger partial charge in [-0.1, -0.05) is 38.7 Å². The van der Waals surface area contributed by atoms with E-state index in [-0.39, 0.29) is 11.5 Å². The second-order valence-electron chi connectivity index (χ2n) is 4.54. The van der Waals surface area contributed by atoms with Gasteiger partial charge < -0.3 is 5.11 Å². The van der Waals surface area contributed by atoms with Crippen LogP contribution in [0.15, 0.2) is 12.2 Å². The van der Waals surface area contributed by atoms with Crippen molar-refractivity contribution in [2.45, 2.75) is 39.0 Å². The Morgan fingerprint density at radius 2 is 1.85 bits per heavy atom. The average Bonchev–Trinajstić information content (AvgIpc) is 1.96. The van der Waals surface area contributed by atoms with Crippen molar-refractivity contribution in [3.8, 4) is 0 Å². The first kappa shape index (κ1) is 12.4. The fraction of sp³-hybridized carbons (Fsp3) is 0.700. The number of carboxylic acid groups (broad SMARTS) is 1. The molecule has 0 fully saturated rings. The molecule has 0 bridgehead atoms.